The molecule has 0 bridgehead atoms. The van der Waals surface area contributed by atoms with Gasteiger partial charge in [0.1, 0.15) is 6.54 Å². The van der Waals surface area contributed by atoms with Crippen LogP contribution in [0.5, 0.6) is 0 Å². The van der Waals surface area contributed by atoms with Gasteiger partial charge in [-0.3, -0.25) is 9.20 Å². The van der Waals surface area contributed by atoms with Gasteiger partial charge in [-0.1, -0.05) is 23.7 Å². The second-order valence-corrected chi connectivity index (χ2v) is 5.31. The highest BCUT2D eigenvalue weighted by Gasteiger charge is 2.11. The number of rotatable bonds is 3. The van der Waals surface area contributed by atoms with Gasteiger partial charge >= 0.3 is 5.69 Å². The first-order chi connectivity index (χ1) is 10.5. The van der Waals surface area contributed by atoms with Gasteiger partial charge in [0.15, 0.2) is 5.65 Å². The first-order valence-electron chi connectivity index (χ1n) is 6.65. The molecule has 1 N–H and O–H groups in total. The summed E-state index contributed by atoms with van der Waals surface area (Å²) in [4.78, 5) is 24.2. The fourth-order valence-corrected chi connectivity index (χ4v) is 2.40. The molecule has 0 aliphatic carbocycles. The maximum absolute atomic E-state index is 12.1. The van der Waals surface area contributed by atoms with Crippen LogP contribution in [0.1, 0.15) is 5.56 Å². The van der Waals surface area contributed by atoms with Gasteiger partial charge < -0.3 is 5.32 Å². The maximum atomic E-state index is 12.1. The predicted molar refractivity (Wildman–Crippen MR) is 84.3 cm³/mol. The van der Waals surface area contributed by atoms with Crippen molar-refractivity contribution in [1.29, 1.82) is 0 Å². The van der Waals surface area contributed by atoms with Crippen LogP contribution in [0.4, 0.5) is 5.69 Å². The molecule has 0 aliphatic rings. The predicted octanol–water partition coefficient (Wildman–Crippen LogP) is 2.10. The lowest BCUT2D eigenvalue weighted by Gasteiger charge is -2.07. The van der Waals surface area contributed by atoms with Crippen LogP contribution < -0.4 is 11.0 Å². The molecule has 1 aromatic carbocycles. The second kappa shape index (κ2) is 5.65. The van der Waals surface area contributed by atoms with Crippen molar-refractivity contribution in [2.45, 2.75) is 13.5 Å². The first kappa shape index (κ1) is 14.3. The lowest BCUT2D eigenvalue weighted by molar-refractivity contribution is -0.117. The molecule has 0 radical (unpaired) electrons. The molecule has 0 unspecified atom stereocenters. The van der Waals surface area contributed by atoms with Gasteiger partial charge in [-0.25, -0.2) is 9.48 Å². The highest BCUT2D eigenvalue weighted by Crippen LogP contribution is 2.22. The van der Waals surface area contributed by atoms with E-state index in [-0.39, 0.29) is 18.1 Å². The Labute approximate surface area is 130 Å². The quantitative estimate of drug-likeness (QED) is 0.804. The molecule has 7 heteroatoms. The molecule has 2 heterocycles. The molecular weight excluding hydrogens is 304 g/mol. The summed E-state index contributed by atoms with van der Waals surface area (Å²) in [5.41, 5.74) is 1.64. The molecular formula is C15H13ClN4O2. The Morgan fingerprint density at radius 3 is 2.86 bits per heavy atom. The number of carbonyl (C=O) groups excluding carboxylic acids is 1. The van der Waals surface area contributed by atoms with Crippen LogP contribution >= 0.6 is 11.6 Å². The van der Waals surface area contributed by atoms with E-state index in [9.17, 15) is 9.59 Å². The highest BCUT2D eigenvalue weighted by molar-refractivity contribution is 6.33. The lowest BCUT2D eigenvalue weighted by atomic mass is 10.2. The minimum absolute atomic E-state index is 0.176. The Hall–Kier alpha value is -2.60. The average Bonchev–Trinajstić information content (AvgIpc) is 2.79. The second-order valence-electron chi connectivity index (χ2n) is 4.90. The molecule has 3 aromatic rings. The number of hydrogen-bond donors (Lipinski definition) is 1. The molecule has 0 fully saturated rings. The van der Waals surface area contributed by atoms with E-state index in [2.05, 4.69) is 10.4 Å². The summed E-state index contributed by atoms with van der Waals surface area (Å²) in [7, 11) is 0. The first-order valence-corrected chi connectivity index (χ1v) is 7.02. The Bertz CT molecular complexity index is 913. The number of fused-ring (bicyclic) bond motifs is 1. The standard InChI is InChI=1S/C15H13ClN4O2/c1-10-5-6-12(11(16)8-10)17-14(21)9-20-15(22)19-7-3-2-4-13(19)18-20/h2-8H,9H2,1H3,(H,17,21). The van der Waals surface area contributed by atoms with E-state index in [1.54, 1.807) is 36.5 Å². The van der Waals surface area contributed by atoms with Crippen LogP contribution in [-0.4, -0.2) is 20.1 Å². The lowest BCUT2D eigenvalue weighted by Crippen LogP contribution is -2.28. The van der Waals surface area contributed by atoms with Gasteiger partial charge in [0.05, 0.1) is 10.7 Å². The summed E-state index contributed by atoms with van der Waals surface area (Å²) >= 11 is 6.07. The van der Waals surface area contributed by atoms with E-state index in [1.807, 2.05) is 13.0 Å². The van der Waals surface area contributed by atoms with Crippen LogP contribution in [0.3, 0.4) is 0 Å². The zero-order valence-electron chi connectivity index (χ0n) is 11.8. The van der Waals surface area contributed by atoms with Crippen molar-refractivity contribution < 1.29 is 4.79 Å². The molecule has 3 rings (SSSR count). The maximum Gasteiger partial charge on any atom is 0.350 e. The molecule has 0 aliphatic heterocycles. The third kappa shape index (κ3) is 2.73. The molecule has 0 spiro atoms. The topological polar surface area (TPSA) is 68.4 Å². The van der Waals surface area contributed by atoms with E-state index in [0.29, 0.717) is 16.4 Å². The minimum Gasteiger partial charge on any atom is -0.323 e. The molecule has 0 saturated carbocycles. The van der Waals surface area contributed by atoms with Crippen molar-refractivity contribution in [2.75, 3.05) is 5.32 Å². The van der Waals surface area contributed by atoms with Crippen LogP contribution in [-0.2, 0) is 11.3 Å². The molecule has 6 nitrogen and oxygen atoms in total. The highest BCUT2D eigenvalue weighted by atomic mass is 35.5. The zero-order chi connectivity index (χ0) is 15.7. The number of aromatic nitrogens is 3. The van der Waals surface area contributed by atoms with Crippen LogP contribution in [0.15, 0.2) is 47.4 Å². The summed E-state index contributed by atoms with van der Waals surface area (Å²) in [6, 6.07) is 10.5. The molecule has 2 aromatic heterocycles. The summed E-state index contributed by atoms with van der Waals surface area (Å²) in [6.07, 6.45) is 1.61. The summed E-state index contributed by atoms with van der Waals surface area (Å²) in [5, 5.41) is 7.24. The number of pyridine rings is 1. The van der Waals surface area contributed by atoms with E-state index in [4.69, 9.17) is 11.6 Å². The van der Waals surface area contributed by atoms with Crippen LogP contribution in [0, 0.1) is 6.92 Å². The minimum atomic E-state index is -0.365. The Morgan fingerprint density at radius 2 is 2.14 bits per heavy atom. The third-order valence-electron chi connectivity index (χ3n) is 3.18. The van der Waals surface area contributed by atoms with Crippen molar-refractivity contribution >= 4 is 28.8 Å². The van der Waals surface area contributed by atoms with Crippen molar-refractivity contribution in [3.63, 3.8) is 0 Å². The van der Waals surface area contributed by atoms with Crippen molar-refractivity contribution in [3.8, 4) is 0 Å². The molecule has 0 atom stereocenters. The van der Waals surface area contributed by atoms with Crippen molar-refractivity contribution in [3.05, 3.63) is 63.7 Å². The fraction of sp³-hybridized carbons (Fsp3) is 0.133. The zero-order valence-corrected chi connectivity index (χ0v) is 12.5. The molecule has 1 amide bonds. The number of anilines is 1. The molecule has 112 valence electrons. The van der Waals surface area contributed by atoms with E-state index in [0.717, 1.165) is 10.2 Å². The van der Waals surface area contributed by atoms with Crippen LogP contribution in [0.2, 0.25) is 5.02 Å². The normalized spacial score (nSPS) is 10.8. The number of nitrogens with one attached hydrogen (secondary N) is 1. The number of benzene rings is 1. The van der Waals surface area contributed by atoms with Crippen molar-refractivity contribution in [1.82, 2.24) is 14.2 Å². The monoisotopic (exact) mass is 316 g/mol. The summed E-state index contributed by atoms with van der Waals surface area (Å²) < 4.78 is 2.50. The largest absolute Gasteiger partial charge is 0.350 e. The number of nitrogens with zero attached hydrogens (tertiary/aromatic N) is 3. The van der Waals surface area contributed by atoms with Gasteiger partial charge in [-0.2, -0.15) is 0 Å². The van der Waals surface area contributed by atoms with Gasteiger partial charge in [0, 0.05) is 6.20 Å². The van der Waals surface area contributed by atoms with Crippen LogP contribution in [0.25, 0.3) is 5.65 Å². The van der Waals surface area contributed by atoms with Gasteiger partial charge in [0.25, 0.3) is 0 Å². The Kier molecular flexibility index (Phi) is 3.68. The fourth-order valence-electron chi connectivity index (χ4n) is 2.12. The Balaban J connectivity index is 1.81. The summed E-state index contributed by atoms with van der Waals surface area (Å²) in [5.74, 6) is -0.365. The number of carbonyl (C=O) groups is 1. The van der Waals surface area contributed by atoms with Gasteiger partial charge in [-0.15, -0.1) is 5.10 Å². The molecule has 0 saturated heterocycles. The van der Waals surface area contributed by atoms with E-state index in [1.165, 1.54) is 4.40 Å². The molecule has 22 heavy (non-hydrogen) atoms. The number of hydrogen-bond acceptors (Lipinski definition) is 3. The SMILES string of the molecule is Cc1ccc(NC(=O)Cn2nc3ccccn3c2=O)c(Cl)c1. The number of amides is 1. The van der Waals surface area contributed by atoms with E-state index >= 15 is 0 Å². The Morgan fingerprint density at radius 1 is 1.32 bits per heavy atom. The number of aryl methyl sites for hydroxylation is 1. The van der Waals surface area contributed by atoms with Gasteiger partial charge in [-0.05, 0) is 36.8 Å². The smallest absolute Gasteiger partial charge is 0.323 e. The van der Waals surface area contributed by atoms with Crippen molar-refractivity contribution in [2.24, 2.45) is 0 Å². The average molecular weight is 317 g/mol. The number of halogens is 1. The third-order valence-corrected chi connectivity index (χ3v) is 3.49. The summed E-state index contributed by atoms with van der Waals surface area (Å²) in [6.45, 7) is 1.73. The van der Waals surface area contributed by atoms with Gasteiger partial charge in [0.2, 0.25) is 5.91 Å². The van der Waals surface area contributed by atoms with E-state index < -0.39 is 0 Å².